The fourth-order valence-electron chi connectivity index (χ4n) is 6.71. The molecule has 0 amide bonds. The van der Waals surface area contributed by atoms with Crippen molar-refractivity contribution in [1.29, 1.82) is 0 Å². The number of hydrogen-bond donors (Lipinski definition) is 0. The Morgan fingerprint density at radius 3 is 1.27 bits per heavy atom. The van der Waals surface area contributed by atoms with Gasteiger partial charge in [-0.2, -0.15) is 0 Å². The lowest BCUT2D eigenvalue weighted by Gasteiger charge is -2.40. The van der Waals surface area contributed by atoms with Gasteiger partial charge in [0.1, 0.15) is 0 Å². The van der Waals surface area contributed by atoms with Crippen molar-refractivity contribution < 1.29 is 19.2 Å². The van der Waals surface area contributed by atoms with Crippen molar-refractivity contribution in [2.45, 2.75) is 90.1 Å². The molecule has 0 N–H and O–H groups in total. The molecule has 212 valence electrons. The topological polar surface area (TPSA) is 74.8 Å². The summed E-state index contributed by atoms with van der Waals surface area (Å²) in [6.45, 7) is 11.3. The zero-order chi connectivity index (χ0) is 28.7. The van der Waals surface area contributed by atoms with Crippen molar-refractivity contribution in [3.05, 3.63) is 69.8 Å². The number of Topliss-reactive ketones (excluding diaryl/α,β-unsaturated/α-hetero) is 4. The van der Waals surface area contributed by atoms with Gasteiger partial charge in [0.15, 0.2) is 11.6 Å². The van der Waals surface area contributed by atoms with Crippen molar-refractivity contribution >= 4 is 23.1 Å². The number of rotatable bonds is 6. The van der Waals surface area contributed by atoms with E-state index in [0.29, 0.717) is 35.1 Å². The van der Waals surface area contributed by atoms with Gasteiger partial charge in [0, 0.05) is 22.3 Å². The van der Waals surface area contributed by atoms with E-state index in [1.165, 1.54) is 12.8 Å². The molecule has 6 heteroatoms. The largest absolute Gasteiger partial charge is 0.292 e. The first kappa shape index (κ1) is 28.6. The molecule has 0 aromatic heterocycles. The van der Waals surface area contributed by atoms with Gasteiger partial charge in [0.2, 0.25) is 11.6 Å². The average Bonchev–Trinajstić information content (AvgIpc) is 2.98. The highest BCUT2D eigenvalue weighted by Crippen LogP contribution is 2.30. The molecular weight excluding hydrogens is 500 g/mol. The minimum Gasteiger partial charge on any atom is -0.292 e. The molecule has 2 heterocycles. The molecule has 0 atom stereocenters. The van der Waals surface area contributed by atoms with Crippen LogP contribution in [0, 0.1) is 0 Å². The molecular formula is C34H42N2O4. The lowest BCUT2D eigenvalue weighted by Crippen LogP contribution is -2.52. The standard InChI is InChI=1S/C34H42N2O4/c1-33(2,35-17-7-5-8-18-35)31(39)25-15-13-23-11-12-24-14-16-26(22-28(24)30(38)29(37)27(23)21-25)32(40)34(3,4)36-19-9-6-10-20-36/h13-16,21-22H,5-12,17-20H2,1-4H3. The van der Waals surface area contributed by atoms with Crippen LogP contribution in [0.25, 0.3) is 0 Å². The summed E-state index contributed by atoms with van der Waals surface area (Å²) in [6.07, 6.45) is 7.83. The van der Waals surface area contributed by atoms with Gasteiger partial charge in [-0.25, -0.2) is 0 Å². The Morgan fingerprint density at radius 2 is 0.925 bits per heavy atom. The highest BCUT2D eigenvalue weighted by atomic mass is 16.2. The zero-order valence-electron chi connectivity index (χ0n) is 24.5. The van der Waals surface area contributed by atoms with Crippen molar-refractivity contribution in [2.24, 2.45) is 0 Å². The van der Waals surface area contributed by atoms with Crippen LogP contribution in [0.3, 0.4) is 0 Å². The van der Waals surface area contributed by atoms with E-state index in [1.54, 1.807) is 24.3 Å². The van der Waals surface area contributed by atoms with Gasteiger partial charge in [0.25, 0.3) is 0 Å². The first-order valence-corrected chi connectivity index (χ1v) is 15.0. The maximum absolute atomic E-state index is 13.7. The molecule has 2 aliphatic heterocycles. The summed E-state index contributed by atoms with van der Waals surface area (Å²) in [5.74, 6) is -1.29. The predicted octanol–water partition coefficient (Wildman–Crippen LogP) is 5.75. The summed E-state index contributed by atoms with van der Waals surface area (Å²) in [7, 11) is 0. The zero-order valence-corrected chi connectivity index (χ0v) is 24.5. The van der Waals surface area contributed by atoms with Crippen LogP contribution in [0.4, 0.5) is 0 Å². The third-order valence-corrected chi connectivity index (χ3v) is 9.51. The number of ketones is 4. The van der Waals surface area contributed by atoms with Gasteiger partial charge in [-0.1, -0.05) is 37.1 Å². The van der Waals surface area contributed by atoms with Gasteiger partial charge in [-0.15, -0.1) is 0 Å². The smallest absolute Gasteiger partial charge is 0.233 e. The molecule has 1 aliphatic carbocycles. The molecule has 6 nitrogen and oxygen atoms in total. The van der Waals surface area contributed by atoms with Crippen LogP contribution in [0.1, 0.15) is 119 Å². The number of fused-ring (bicyclic) bond motifs is 2. The van der Waals surface area contributed by atoms with E-state index in [-0.39, 0.29) is 11.6 Å². The molecule has 2 saturated heterocycles. The number of benzene rings is 2. The number of hydrogen-bond acceptors (Lipinski definition) is 6. The third kappa shape index (κ3) is 5.24. The lowest BCUT2D eigenvalue weighted by molar-refractivity contribution is 0.0575. The van der Waals surface area contributed by atoms with Crippen LogP contribution < -0.4 is 0 Å². The van der Waals surface area contributed by atoms with Gasteiger partial charge in [-0.3, -0.25) is 29.0 Å². The van der Waals surface area contributed by atoms with Crippen LogP contribution in [0.15, 0.2) is 36.4 Å². The predicted molar refractivity (Wildman–Crippen MR) is 157 cm³/mol. The molecule has 0 bridgehead atoms. The summed E-state index contributed by atoms with van der Waals surface area (Å²) in [5, 5.41) is 0. The Balaban J connectivity index is 1.43. The van der Waals surface area contributed by atoms with E-state index >= 15 is 0 Å². The molecule has 0 unspecified atom stereocenters. The number of carbonyl (C=O) groups excluding carboxylic acids is 4. The highest BCUT2D eigenvalue weighted by Gasteiger charge is 2.38. The van der Waals surface area contributed by atoms with Crippen molar-refractivity contribution in [1.82, 2.24) is 9.80 Å². The molecule has 0 saturated carbocycles. The second-order valence-corrected chi connectivity index (χ2v) is 12.8. The average molecular weight is 543 g/mol. The van der Waals surface area contributed by atoms with E-state index in [2.05, 4.69) is 9.80 Å². The SMILES string of the molecule is CC(C)(C(=O)c1ccc2c(c1)C(=O)C(=O)c1cc(C(=O)C(C)(C)N3CCCCC3)ccc1CC2)N1CCCCC1. The third-order valence-electron chi connectivity index (χ3n) is 9.51. The van der Waals surface area contributed by atoms with Crippen LogP contribution in [0.5, 0.6) is 0 Å². The van der Waals surface area contributed by atoms with Crippen LogP contribution >= 0.6 is 0 Å². The van der Waals surface area contributed by atoms with E-state index in [4.69, 9.17) is 0 Å². The summed E-state index contributed by atoms with van der Waals surface area (Å²) >= 11 is 0. The lowest BCUT2D eigenvalue weighted by atomic mass is 9.82. The summed E-state index contributed by atoms with van der Waals surface area (Å²) < 4.78 is 0. The fourth-order valence-corrected chi connectivity index (χ4v) is 6.71. The molecule has 40 heavy (non-hydrogen) atoms. The van der Waals surface area contributed by atoms with E-state index in [1.807, 2.05) is 39.8 Å². The second-order valence-electron chi connectivity index (χ2n) is 12.8. The Bertz CT molecular complexity index is 1240. The van der Waals surface area contributed by atoms with Crippen LogP contribution in [0.2, 0.25) is 0 Å². The number of carbonyl (C=O) groups is 4. The maximum atomic E-state index is 13.7. The molecule has 2 fully saturated rings. The first-order valence-electron chi connectivity index (χ1n) is 15.0. The summed E-state index contributed by atoms with van der Waals surface area (Å²) in [4.78, 5) is 59.0. The number of piperidine rings is 2. The Kier molecular flexibility index (Phi) is 7.95. The maximum Gasteiger partial charge on any atom is 0.233 e. The minimum atomic E-state index is -0.688. The Labute approximate surface area is 238 Å². The van der Waals surface area contributed by atoms with Gasteiger partial charge in [-0.05, 0) is 116 Å². The van der Waals surface area contributed by atoms with E-state index in [0.717, 1.165) is 63.0 Å². The molecule has 0 spiro atoms. The molecule has 3 aliphatic rings. The van der Waals surface area contributed by atoms with Crippen molar-refractivity contribution in [3.63, 3.8) is 0 Å². The normalized spacial score (nSPS) is 19.4. The van der Waals surface area contributed by atoms with Gasteiger partial charge < -0.3 is 0 Å². The van der Waals surface area contributed by atoms with Crippen molar-refractivity contribution in [2.75, 3.05) is 26.2 Å². The summed E-state index contributed by atoms with van der Waals surface area (Å²) in [6, 6.07) is 10.5. The number of likely N-dealkylation sites (tertiary alicyclic amines) is 2. The van der Waals surface area contributed by atoms with Gasteiger partial charge >= 0.3 is 0 Å². The van der Waals surface area contributed by atoms with Gasteiger partial charge in [0.05, 0.1) is 11.1 Å². The van der Waals surface area contributed by atoms with Crippen molar-refractivity contribution in [3.8, 4) is 0 Å². The van der Waals surface area contributed by atoms with E-state index in [9.17, 15) is 19.2 Å². The second kappa shape index (κ2) is 11.1. The Hall–Kier alpha value is -2.96. The number of aryl methyl sites for hydroxylation is 2. The number of nitrogens with zero attached hydrogens (tertiary/aromatic N) is 2. The Morgan fingerprint density at radius 1 is 0.575 bits per heavy atom. The molecule has 2 aromatic carbocycles. The minimum absolute atomic E-state index is 0.0345. The van der Waals surface area contributed by atoms with Crippen LogP contribution in [-0.2, 0) is 12.8 Å². The first-order chi connectivity index (χ1) is 19.0. The van der Waals surface area contributed by atoms with E-state index < -0.39 is 22.6 Å². The molecule has 5 rings (SSSR count). The molecule has 2 aromatic rings. The van der Waals surface area contributed by atoms with Crippen LogP contribution in [-0.4, -0.2) is 70.2 Å². The fraction of sp³-hybridized carbons (Fsp3) is 0.529. The highest BCUT2D eigenvalue weighted by molar-refractivity contribution is 6.50. The summed E-state index contributed by atoms with van der Waals surface area (Å²) in [5.41, 5.74) is 1.72. The monoisotopic (exact) mass is 542 g/mol. The molecule has 0 radical (unpaired) electrons. The quantitative estimate of drug-likeness (QED) is 0.342.